The summed E-state index contributed by atoms with van der Waals surface area (Å²) in [5.74, 6) is 0. The summed E-state index contributed by atoms with van der Waals surface area (Å²) >= 11 is 1.65. The second-order valence-electron chi connectivity index (χ2n) is 4.88. The molecule has 0 amide bonds. The van der Waals surface area contributed by atoms with E-state index in [1.807, 2.05) is 6.07 Å². The second-order valence-corrected chi connectivity index (χ2v) is 5.74. The van der Waals surface area contributed by atoms with Crippen LogP contribution in [0.3, 0.4) is 0 Å². The van der Waals surface area contributed by atoms with E-state index >= 15 is 0 Å². The molecule has 3 heterocycles. The Morgan fingerprint density at radius 2 is 2.53 bits per heavy atom. The van der Waals surface area contributed by atoms with Crippen LogP contribution in [0.25, 0.3) is 10.6 Å². The van der Waals surface area contributed by atoms with E-state index in [0.29, 0.717) is 12.1 Å². The molecule has 0 bridgehead atoms. The van der Waals surface area contributed by atoms with Crippen LogP contribution < -0.4 is 5.32 Å². The van der Waals surface area contributed by atoms with Gasteiger partial charge in [0.25, 0.3) is 0 Å². The van der Waals surface area contributed by atoms with Gasteiger partial charge in [-0.15, -0.1) is 11.3 Å². The molecule has 1 N–H and O–H groups in total. The topological polar surface area (TPSA) is 47.3 Å². The SMILES string of the molecule is CC(NCc1csc(-c2ccoc2)n1)C1CCCO1. The molecule has 2 aromatic heterocycles. The normalized spacial score (nSPS) is 20.8. The summed E-state index contributed by atoms with van der Waals surface area (Å²) in [4.78, 5) is 4.61. The van der Waals surface area contributed by atoms with Crippen LogP contribution in [0, 0.1) is 0 Å². The standard InChI is InChI=1S/C14H18N2O2S/c1-10(13-3-2-5-18-13)15-7-12-9-19-14(16-12)11-4-6-17-8-11/h4,6,8-10,13,15H,2-3,5,7H2,1H3. The minimum atomic E-state index is 0.354. The van der Waals surface area contributed by atoms with E-state index in [-0.39, 0.29) is 0 Å². The molecule has 1 saturated heterocycles. The summed E-state index contributed by atoms with van der Waals surface area (Å²) in [6.07, 6.45) is 6.09. The predicted octanol–water partition coefficient (Wildman–Crippen LogP) is 3.06. The fourth-order valence-corrected chi connectivity index (χ4v) is 3.11. The number of ether oxygens (including phenoxy) is 1. The van der Waals surface area contributed by atoms with Gasteiger partial charge in [0.1, 0.15) is 11.3 Å². The van der Waals surface area contributed by atoms with Gasteiger partial charge in [-0.3, -0.25) is 0 Å². The highest BCUT2D eigenvalue weighted by molar-refractivity contribution is 7.13. The fraction of sp³-hybridized carbons (Fsp3) is 0.500. The summed E-state index contributed by atoms with van der Waals surface area (Å²) < 4.78 is 10.8. The summed E-state index contributed by atoms with van der Waals surface area (Å²) in [6, 6.07) is 2.31. The highest BCUT2D eigenvalue weighted by atomic mass is 32.1. The van der Waals surface area contributed by atoms with E-state index in [4.69, 9.17) is 9.15 Å². The molecule has 19 heavy (non-hydrogen) atoms. The number of aromatic nitrogens is 1. The molecular weight excluding hydrogens is 260 g/mol. The first-order valence-corrected chi connectivity index (χ1v) is 7.53. The Bertz CT molecular complexity index is 503. The van der Waals surface area contributed by atoms with Gasteiger partial charge in [0.15, 0.2) is 0 Å². The quantitative estimate of drug-likeness (QED) is 0.913. The van der Waals surface area contributed by atoms with Gasteiger partial charge in [-0.2, -0.15) is 0 Å². The Labute approximate surface area is 116 Å². The summed E-state index contributed by atoms with van der Waals surface area (Å²) in [6.45, 7) is 3.87. The lowest BCUT2D eigenvalue weighted by Crippen LogP contribution is -2.36. The van der Waals surface area contributed by atoms with Gasteiger partial charge in [-0.1, -0.05) is 0 Å². The Kier molecular flexibility index (Phi) is 3.96. The third-order valence-corrected chi connectivity index (χ3v) is 4.39. The Hall–Kier alpha value is -1.17. The van der Waals surface area contributed by atoms with Crippen LogP contribution in [0.2, 0.25) is 0 Å². The summed E-state index contributed by atoms with van der Waals surface area (Å²) in [5.41, 5.74) is 2.12. The van der Waals surface area contributed by atoms with Crippen molar-refractivity contribution < 1.29 is 9.15 Å². The van der Waals surface area contributed by atoms with E-state index in [9.17, 15) is 0 Å². The fourth-order valence-electron chi connectivity index (χ4n) is 2.30. The molecule has 1 aliphatic rings. The first-order chi connectivity index (χ1) is 9.33. The van der Waals surface area contributed by atoms with Crippen molar-refractivity contribution in [1.82, 2.24) is 10.3 Å². The number of hydrogen-bond donors (Lipinski definition) is 1. The average molecular weight is 278 g/mol. The minimum Gasteiger partial charge on any atom is -0.472 e. The molecular formula is C14H18N2O2S. The van der Waals surface area contributed by atoms with Crippen molar-refractivity contribution in [1.29, 1.82) is 0 Å². The zero-order valence-corrected chi connectivity index (χ0v) is 11.8. The lowest BCUT2D eigenvalue weighted by atomic mass is 10.1. The van der Waals surface area contributed by atoms with E-state index < -0.39 is 0 Å². The number of nitrogens with one attached hydrogen (secondary N) is 1. The van der Waals surface area contributed by atoms with Gasteiger partial charge >= 0.3 is 0 Å². The first kappa shape index (κ1) is 12.8. The second kappa shape index (κ2) is 5.86. The van der Waals surface area contributed by atoms with Crippen LogP contribution in [0.4, 0.5) is 0 Å². The van der Waals surface area contributed by atoms with Gasteiger partial charge in [-0.25, -0.2) is 4.98 Å². The van der Waals surface area contributed by atoms with Crippen LogP contribution in [-0.4, -0.2) is 23.7 Å². The highest BCUT2D eigenvalue weighted by Gasteiger charge is 2.21. The first-order valence-electron chi connectivity index (χ1n) is 6.65. The van der Waals surface area contributed by atoms with Crippen LogP contribution in [0.5, 0.6) is 0 Å². The molecule has 2 aromatic rings. The van der Waals surface area contributed by atoms with Gasteiger partial charge in [0.2, 0.25) is 0 Å². The van der Waals surface area contributed by atoms with Crippen molar-refractivity contribution in [2.24, 2.45) is 0 Å². The number of rotatable bonds is 5. The molecule has 0 aliphatic carbocycles. The smallest absolute Gasteiger partial charge is 0.126 e. The van der Waals surface area contributed by atoms with Crippen LogP contribution in [-0.2, 0) is 11.3 Å². The average Bonchev–Trinajstić information content (AvgIpc) is 3.14. The number of hydrogen-bond acceptors (Lipinski definition) is 5. The van der Waals surface area contributed by atoms with Crippen molar-refractivity contribution in [2.45, 2.75) is 38.5 Å². The Morgan fingerprint density at radius 3 is 3.26 bits per heavy atom. The zero-order valence-electron chi connectivity index (χ0n) is 11.0. The third kappa shape index (κ3) is 3.05. The van der Waals surface area contributed by atoms with E-state index in [0.717, 1.165) is 35.8 Å². The van der Waals surface area contributed by atoms with E-state index in [2.05, 4.69) is 22.6 Å². The van der Waals surface area contributed by atoms with Crippen molar-refractivity contribution in [3.8, 4) is 10.6 Å². The summed E-state index contributed by atoms with van der Waals surface area (Å²) in [5, 5.41) is 6.60. The molecule has 4 nitrogen and oxygen atoms in total. The number of nitrogens with zero attached hydrogens (tertiary/aromatic N) is 1. The van der Waals surface area contributed by atoms with Crippen LogP contribution in [0.15, 0.2) is 28.4 Å². The molecule has 0 saturated carbocycles. The molecule has 0 radical (unpaired) electrons. The Morgan fingerprint density at radius 1 is 1.58 bits per heavy atom. The van der Waals surface area contributed by atoms with Crippen molar-refractivity contribution in [2.75, 3.05) is 6.61 Å². The van der Waals surface area contributed by atoms with Crippen molar-refractivity contribution in [3.05, 3.63) is 29.7 Å². The summed E-state index contributed by atoms with van der Waals surface area (Å²) in [7, 11) is 0. The molecule has 0 aromatic carbocycles. The minimum absolute atomic E-state index is 0.354. The molecule has 1 aliphatic heterocycles. The largest absolute Gasteiger partial charge is 0.472 e. The van der Waals surface area contributed by atoms with Gasteiger partial charge in [0.05, 0.1) is 18.1 Å². The molecule has 102 valence electrons. The molecule has 5 heteroatoms. The van der Waals surface area contributed by atoms with Crippen molar-refractivity contribution in [3.63, 3.8) is 0 Å². The van der Waals surface area contributed by atoms with Gasteiger partial charge in [0, 0.05) is 30.1 Å². The third-order valence-electron chi connectivity index (χ3n) is 3.45. The van der Waals surface area contributed by atoms with Crippen LogP contribution in [0.1, 0.15) is 25.5 Å². The van der Waals surface area contributed by atoms with E-state index in [1.165, 1.54) is 6.42 Å². The number of thiazole rings is 1. The maximum absolute atomic E-state index is 5.67. The molecule has 2 atom stereocenters. The molecule has 1 fully saturated rings. The van der Waals surface area contributed by atoms with Crippen molar-refractivity contribution >= 4 is 11.3 Å². The van der Waals surface area contributed by atoms with Gasteiger partial charge < -0.3 is 14.5 Å². The number of furan rings is 1. The zero-order chi connectivity index (χ0) is 13.1. The van der Waals surface area contributed by atoms with Gasteiger partial charge in [-0.05, 0) is 25.8 Å². The maximum atomic E-state index is 5.67. The van der Waals surface area contributed by atoms with E-state index in [1.54, 1.807) is 23.9 Å². The highest BCUT2D eigenvalue weighted by Crippen LogP contribution is 2.24. The lowest BCUT2D eigenvalue weighted by molar-refractivity contribution is 0.0831. The molecule has 0 spiro atoms. The molecule has 3 rings (SSSR count). The maximum Gasteiger partial charge on any atom is 0.126 e. The predicted molar refractivity (Wildman–Crippen MR) is 75.1 cm³/mol. The Balaban J connectivity index is 1.55. The molecule has 2 unspecified atom stereocenters. The lowest BCUT2D eigenvalue weighted by Gasteiger charge is -2.19. The van der Waals surface area contributed by atoms with Crippen LogP contribution >= 0.6 is 11.3 Å². The monoisotopic (exact) mass is 278 g/mol.